The smallest absolute Gasteiger partial charge is 0.465 e. The van der Waals surface area contributed by atoms with E-state index in [0.29, 0.717) is 11.8 Å². The van der Waals surface area contributed by atoms with Crippen molar-refractivity contribution in [3.8, 4) is 5.75 Å². The molecule has 0 saturated heterocycles. The number of carbonyl (C=O) groups excluding carboxylic acids is 2. The topological polar surface area (TPSA) is 99.2 Å². The van der Waals surface area contributed by atoms with Crippen LogP contribution in [0.5, 0.6) is 5.75 Å². The number of hydrogen-bond donors (Lipinski definition) is 0. The summed E-state index contributed by atoms with van der Waals surface area (Å²) >= 11 is 0. The number of hydrogen-bond acceptors (Lipinski definition) is 7. The Hall–Kier alpha value is -2.70. The number of amides is 2. The second-order valence-corrected chi connectivity index (χ2v) is 7.47. The second-order valence-electron chi connectivity index (χ2n) is 5.94. The first kappa shape index (κ1) is 21.0. The predicted octanol–water partition coefficient (Wildman–Crippen LogP) is 2.98. The zero-order valence-corrected chi connectivity index (χ0v) is 15.8. The Labute approximate surface area is 162 Å². The van der Waals surface area contributed by atoms with Gasteiger partial charge in [0.1, 0.15) is 5.75 Å². The van der Waals surface area contributed by atoms with Crippen LogP contribution in [0.2, 0.25) is 0 Å². The highest BCUT2D eigenvalue weighted by atomic mass is 32.2. The fourth-order valence-electron chi connectivity index (χ4n) is 2.78. The van der Waals surface area contributed by atoms with Gasteiger partial charge in [-0.3, -0.25) is 9.59 Å². The van der Waals surface area contributed by atoms with Crippen molar-refractivity contribution in [2.24, 2.45) is 0 Å². The highest BCUT2D eigenvalue weighted by Crippen LogP contribution is 2.35. The van der Waals surface area contributed by atoms with Crippen molar-refractivity contribution < 1.29 is 44.9 Å². The third-order valence-electron chi connectivity index (χ3n) is 4.10. The molecule has 3 rings (SSSR count). The van der Waals surface area contributed by atoms with Crippen molar-refractivity contribution >= 4 is 32.7 Å². The largest absolute Gasteiger partial charge is 0.525 e. The van der Waals surface area contributed by atoms with E-state index in [1.165, 1.54) is 31.4 Å². The van der Waals surface area contributed by atoms with Crippen LogP contribution in [0.3, 0.4) is 0 Å². The van der Waals surface area contributed by atoms with Crippen LogP contribution in [-0.4, -0.2) is 44.2 Å². The molecule has 2 aromatic carbocycles. The van der Waals surface area contributed by atoms with Gasteiger partial charge in [0.2, 0.25) is 0 Å². The van der Waals surface area contributed by atoms with E-state index in [9.17, 15) is 31.2 Å². The molecule has 2 aromatic rings. The van der Waals surface area contributed by atoms with Gasteiger partial charge in [0.05, 0.1) is 11.1 Å². The van der Waals surface area contributed by atoms with Crippen LogP contribution in [0.1, 0.15) is 34.1 Å². The van der Waals surface area contributed by atoms with Crippen molar-refractivity contribution in [2.45, 2.75) is 25.1 Å². The minimum absolute atomic E-state index is 0.139. The van der Waals surface area contributed by atoms with Crippen molar-refractivity contribution in [2.75, 3.05) is 7.11 Å². The Morgan fingerprint density at radius 3 is 2.34 bits per heavy atom. The summed E-state index contributed by atoms with van der Waals surface area (Å²) in [5, 5.41) is 0.114. The standard InChI is InChI=1S/C17H14F3NO7S/c1-3-13(26-2)27-10-7-9-5-4-6-11-14(9)12(8-10)16(23)21(15(11)22)28-29(24,25)17(18,19)20/h4-8,13H,3H2,1-2H3. The molecule has 1 atom stereocenters. The van der Waals surface area contributed by atoms with Crippen molar-refractivity contribution in [1.82, 2.24) is 5.06 Å². The number of benzene rings is 2. The molecule has 156 valence electrons. The highest BCUT2D eigenvalue weighted by Gasteiger charge is 2.51. The lowest BCUT2D eigenvalue weighted by molar-refractivity contribution is -0.0762. The van der Waals surface area contributed by atoms with E-state index in [2.05, 4.69) is 4.28 Å². The summed E-state index contributed by atoms with van der Waals surface area (Å²) in [6.45, 7) is 1.78. The molecule has 0 aromatic heterocycles. The molecule has 12 heteroatoms. The number of hydroxylamine groups is 2. The molecule has 0 fully saturated rings. The third-order valence-corrected chi connectivity index (χ3v) is 5.01. The van der Waals surface area contributed by atoms with E-state index in [4.69, 9.17) is 9.47 Å². The number of ether oxygens (including phenoxy) is 2. The van der Waals surface area contributed by atoms with E-state index in [0.717, 1.165) is 0 Å². The van der Waals surface area contributed by atoms with Gasteiger partial charge in [0, 0.05) is 18.9 Å². The number of imide groups is 1. The van der Waals surface area contributed by atoms with Crippen molar-refractivity contribution in [3.63, 3.8) is 0 Å². The molecular weight excluding hydrogens is 419 g/mol. The summed E-state index contributed by atoms with van der Waals surface area (Å²) in [5.74, 6) is -2.57. The number of nitrogens with zero attached hydrogens (tertiary/aromatic N) is 1. The lowest BCUT2D eigenvalue weighted by Crippen LogP contribution is -2.44. The van der Waals surface area contributed by atoms with Crippen LogP contribution in [0.4, 0.5) is 13.2 Å². The van der Waals surface area contributed by atoms with Crippen LogP contribution in [-0.2, 0) is 19.1 Å². The average Bonchev–Trinajstić information content (AvgIpc) is 2.66. The van der Waals surface area contributed by atoms with Gasteiger partial charge in [0.15, 0.2) is 6.29 Å². The predicted molar refractivity (Wildman–Crippen MR) is 92.2 cm³/mol. The molecule has 1 heterocycles. The number of rotatable bonds is 6. The van der Waals surface area contributed by atoms with Gasteiger partial charge in [-0.25, -0.2) is 0 Å². The number of alkyl halides is 3. The lowest BCUT2D eigenvalue weighted by atomic mass is 9.95. The average molecular weight is 433 g/mol. The fourth-order valence-corrected chi connectivity index (χ4v) is 3.20. The molecule has 29 heavy (non-hydrogen) atoms. The summed E-state index contributed by atoms with van der Waals surface area (Å²) in [5.41, 5.74) is -6.27. The van der Waals surface area contributed by atoms with E-state index in [1.54, 1.807) is 13.0 Å². The molecule has 1 aliphatic rings. The fraction of sp³-hybridized carbons (Fsp3) is 0.294. The second kappa shape index (κ2) is 7.28. The van der Waals surface area contributed by atoms with Crippen LogP contribution in [0.25, 0.3) is 10.8 Å². The van der Waals surface area contributed by atoms with Crippen LogP contribution in [0.15, 0.2) is 30.3 Å². The van der Waals surface area contributed by atoms with Gasteiger partial charge in [0.25, 0.3) is 11.8 Å². The molecule has 8 nitrogen and oxygen atoms in total. The van der Waals surface area contributed by atoms with Crippen LogP contribution in [0, 0.1) is 0 Å². The molecule has 0 radical (unpaired) electrons. The minimum atomic E-state index is -6.24. The Morgan fingerprint density at radius 2 is 1.76 bits per heavy atom. The van der Waals surface area contributed by atoms with E-state index >= 15 is 0 Å². The first-order valence-corrected chi connectivity index (χ1v) is 9.57. The van der Waals surface area contributed by atoms with Gasteiger partial charge in [-0.05, 0) is 23.6 Å². The molecule has 1 unspecified atom stereocenters. The molecular formula is C17H14F3NO7S. The summed E-state index contributed by atoms with van der Waals surface area (Å²) in [6, 6.07) is 6.92. The van der Waals surface area contributed by atoms with Gasteiger partial charge in [-0.2, -0.15) is 21.6 Å². The summed E-state index contributed by atoms with van der Waals surface area (Å²) in [4.78, 5) is 25.1. The molecule has 2 amide bonds. The van der Waals surface area contributed by atoms with E-state index in [-0.39, 0.29) is 22.3 Å². The molecule has 0 saturated carbocycles. The molecule has 0 spiro atoms. The minimum Gasteiger partial charge on any atom is -0.465 e. The molecule has 0 bridgehead atoms. The highest BCUT2D eigenvalue weighted by molar-refractivity contribution is 7.87. The van der Waals surface area contributed by atoms with Gasteiger partial charge >= 0.3 is 15.6 Å². The quantitative estimate of drug-likeness (QED) is 0.392. The Morgan fingerprint density at radius 1 is 1.10 bits per heavy atom. The maximum atomic E-state index is 12.7. The normalized spacial score (nSPS) is 15.7. The maximum Gasteiger partial charge on any atom is 0.525 e. The zero-order chi connectivity index (χ0) is 21.6. The maximum absolute atomic E-state index is 12.7. The summed E-state index contributed by atoms with van der Waals surface area (Å²) < 4.78 is 75.1. The zero-order valence-electron chi connectivity index (χ0n) is 15.0. The Bertz CT molecular complexity index is 1090. The van der Waals surface area contributed by atoms with Crippen molar-refractivity contribution in [1.29, 1.82) is 0 Å². The first-order valence-electron chi connectivity index (χ1n) is 8.16. The summed E-state index contributed by atoms with van der Waals surface area (Å²) in [6.07, 6.45) is -0.212. The van der Waals surface area contributed by atoms with Crippen LogP contribution >= 0.6 is 0 Å². The SMILES string of the molecule is CCC(OC)Oc1cc2c3c(cccc3c1)C(=O)N(OS(=O)(=O)C(F)(F)F)C2=O. The summed E-state index contributed by atoms with van der Waals surface area (Å²) in [7, 11) is -4.84. The van der Waals surface area contributed by atoms with Gasteiger partial charge < -0.3 is 9.47 Å². The lowest BCUT2D eigenvalue weighted by Gasteiger charge is -2.26. The van der Waals surface area contributed by atoms with E-state index < -0.39 is 38.8 Å². The van der Waals surface area contributed by atoms with Crippen LogP contribution < -0.4 is 4.74 Å². The number of carbonyl (C=O) groups is 2. The monoisotopic (exact) mass is 433 g/mol. The van der Waals surface area contributed by atoms with Crippen molar-refractivity contribution in [3.05, 3.63) is 41.5 Å². The first-order chi connectivity index (χ1) is 13.5. The Kier molecular flexibility index (Phi) is 5.28. The molecule has 0 aliphatic carbocycles. The number of methoxy groups -OCH3 is 1. The van der Waals surface area contributed by atoms with E-state index in [1.807, 2.05) is 0 Å². The number of halogens is 3. The Balaban J connectivity index is 2.12. The third kappa shape index (κ3) is 3.66. The van der Waals surface area contributed by atoms with Gasteiger partial charge in [-0.15, -0.1) is 9.35 Å². The molecule has 0 N–H and O–H groups in total. The van der Waals surface area contributed by atoms with Gasteiger partial charge in [-0.1, -0.05) is 19.1 Å². The molecule has 1 aliphatic heterocycles.